The van der Waals surface area contributed by atoms with Crippen LogP contribution in [0.5, 0.6) is 0 Å². The Kier molecular flexibility index (Phi) is 4.89. The molecule has 11 heteroatoms. The topological polar surface area (TPSA) is 118 Å². The smallest absolute Gasteiger partial charge is 0.275 e. The third-order valence-electron chi connectivity index (χ3n) is 5.80. The van der Waals surface area contributed by atoms with Crippen molar-refractivity contribution in [2.75, 3.05) is 18.8 Å². The Labute approximate surface area is 167 Å². The van der Waals surface area contributed by atoms with Gasteiger partial charge in [0.1, 0.15) is 0 Å². The summed E-state index contributed by atoms with van der Waals surface area (Å²) in [4.78, 5) is 22.7. The van der Waals surface area contributed by atoms with Crippen LogP contribution in [0.15, 0.2) is 22.9 Å². The summed E-state index contributed by atoms with van der Waals surface area (Å²) in [6.45, 7) is 3.85. The number of nitrogens with zero attached hydrogens (tertiary/aromatic N) is 4. The van der Waals surface area contributed by atoms with Crippen molar-refractivity contribution in [1.82, 2.24) is 24.7 Å². The maximum atomic E-state index is 14.1. The number of nitrogens with one attached hydrogen (secondary N) is 1. The van der Waals surface area contributed by atoms with E-state index in [0.717, 1.165) is 0 Å². The van der Waals surface area contributed by atoms with Crippen molar-refractivity contribution in [2.24, 2.45) is 5.92 Å². The van der Waals surface area contributed by atoms with Gasteiger partial charge in [-0.2, -0.15) is 4.98 Å². The van der Waals surface area contributed by atoms with E-state index in [1.807, 2.05) is 0 Å². The van der Waals surface area contributed by atoms with Gasteiger partial charge >= 0.3 is 0 Å². The Hall–Kier alpha value is -2.40. The minimum Gasteiger partial charge on any atom is -0.339 e. The number of amides is 1. The molecule has 0 unspecified atom stereocenters. The van der Waals surface area contributed by atoms with Crippen molar-refractivity contribution in [2.45, 2.75) is 38.1 Å². The molecule has 0 radical (unpaired) electrons. The molecule has 156 valence electrons. The van der Waals surface area contributed by atoms with Gasteiger partial charge in [0.15, 0.2) is 17.3 Å². The summed E-state index contributed by atoms with van der Waals surface area (Å²) in [7, 11) is -3.37. The zero-order valence-electron chi connectivity index (χ0n) is 16.1. The summed E-state index contributed by atoms with van der Waals surface area (Å²) >= 11 is 0. The monoisotopic (exact) mass is 423 g/mol. The number of pyridine rings is 1. The van der Waals surface area contributed by atoms with Crippen LogP contribution in [0, 0.1) is 18.7 Å². The molecular formula is C18H22FN5O4S. The Balaban J connectivity index is 1.63. The van der Waals surface area contributed by atoms with Gasteiger partial charge in [-0.1, -0.05) is 5.16 Å². The summed E-state index contributed by atoms with van der Waals surface area (Å²) in [5.41, 5.74) is -0.907. The lowest BCUT2D eigenvalue weighted by molar-refractivity contribution is 0.0762. The van der Waals surface area contributed by atoms with Gasteiger partial charge in [-0.15, -0.1) is 0 Å². The number of carbonyl (C=O) groups is 1. The van der Waals surface area contributed by atoms with Crippen LogP contribution in [0.1, 0.15) is 42.0 Å². The minimum atomic E-state index is -3.37. The molecule has 0 bridgehead atoms. The first-order chi connectivity index (χ1) is 13.7. The quantitative estimate of drug-likeness (QED) is 0.763. The number of carbonyl (C=O) groups excluding carboxylic acids is 1. The molecule has 2 aliphatic rings. The molecule has 1 aliphatic heterocycles. The maximum absolute atomic E-state index is 14.1. The molecule has 3 atom stereocenters. The van der Waals surface area contributed by atoms with Crippen LogP contribution in [0.4, 0.5) is 4.39 Å². The number of aryl methyl sites for hydroxylation is 1. The van der Waals surface area contributed by atoms with Crippen molar-refractivity contribution < 1.29 is 22.1 Å². The molecule has 9 nitrogen and oxygen atoms in total. The van der Waals surface area contributed by atoms with Gasteiger partial charge in [0.05, 0.1) is 11.2 Å². The second-order valence-corrected chi connectivity index (χ2v) is 9.72. The van der Waals surface area contributed by atoms with E-state index in [2.05, 4.69) is 19.8 Å². The first kappa shape index (κ1) is 19.9. The summed E-state index contributed by atoms with van der Waals surface area (Å²) < 4.78 is 46.3. The lowest BCUT2D eigenvalue weighted by Gasteiger charge is -2.25. The van der Waals surface area contributed by atoms with Crippen LogP contribution in [0.25, 0.3) is 0 Å². The molecule has 2 aromatic heterocycles. The van der Waals surface area contributed by atoms with Crippen LogP contribution in [-0.4, -0.2) is 59.2 Å². The maximum Gasteiger partial charge on any atom is 0.275 e. The van der Waals surface area contributed by atoms with E-state index in [9.17, 15) is 17.6 Å². The highest BCUT2D eigenvalue weighted by molar-refractivity contribution is 7.89. The van der Waals surface area contributed by atoms with E-state index in [-0.39, 0.29) is 30.0 Å². The molecule has 1 amide bonds. The summed E-state index contributed by atoms with van der Waals surface area (Å²) in [6.07, 6.45) is 2.32. The molecule has 1 N–H and O–H groups in total. The van der Waals surface area contributed by atoms with Crippen LogP contribution >= 0.6 is 0 Å². The van der Waals surface area contributed by atoms with Gasteiger partial charge in [-0.25, -0.2) is 22.5 Å². The van der Waals surface area contributed by atoms with Gasteiger partial charge in [0, 0.05) is 25.3 Å². The molecule has 4 rings (SSSR count). The summed E-state index contributed by atoms with van der Waals surface area (Å²) in [5.74, 6) is -0.432. The van der Waals surface area contributed by atoms with Crippen LogP contribution in [0.2, 0.25) is 0 Å². The fraction of sp³-hybridized carbons (Fsp3) is 0.556. The molecule has 29 heavy (non-hydrogen) atoms. The second kappa shape index (κ2) is 7.13. The number of sulfonamides is 1. The molecule has 2 fully saturated rings. The van der Waals surface area contributed by atoms with Gasteiger partial charge in [-0.3, -0.25) is 4.79 Å². The van der Waals surface area contributed by atoms with Crippen LogP contribution in [0.3, 0.4) is 0 Å². The Morgan fingerprint density at radius 1 is 1.48 bits per heavy atom. The fourth-order valence-electron chi connectivity index (χ4n) is 4.48. The fourth-order valence-corrected chi connectivity index (χ4v) is 5.33. The van der Waals surface area contributed by atoms with E-state index in [1.165, 1.54) is 18.3 Å². The SMILES string of the molecule is CCS(=O)(=O)N[C@@H]1C[C@H]2CN(C(=O)c3ncccc3F)C[C@@]2(c2nc(C)no2)C1. The molecule has 1 saturated carbocycles. The number of fused-ring (bicyclic) bond motifs is 1. The Morgan fingerprint density at radius 2 is 2.28 bits per heavy atom. The lowest BCUT2D eigenvalue weighted by atomic mass is 9.80. The summed E-state index contributed by atoms with van der Waals surface area (Å²) in [6, 6.07) is 2.34. The van der Waals surface area contributed by atoms with Gasteiger partial charge < -0.3 is 9.42 Å². The van der Waals surface area contributed by atoms with Crippen molar-refractivity contribution in [3.05, 3.63) is 41.6 Å². The summed E-state index contributed by atoms with van der Waals surface area (Å²) in [5, 5.41) is 3.87. The average Bonchev–Trinajstić information content (AvgIpc) is 3.34. The number of hydrogen-bond donors (Lipinski definition) is 1. The van der Waals surface area contributed by atoms with E-state index in [0.29, 0.717) is 31.1 Å². The molecule has 0 spiro atoms. The lowest BCUT2D eigenvalue weighted by Crippen LogP contribution is -2.40. The largest absolute Gasteiger partial charge is 0.339 e. The standard InChI is InChI=1S/C18H22FN5O4S/c1-3-29(26,27)23-13-7-12-9-24(16(25)15-14(19)5-4-6-20-15)10-18(12,8-13)17-21-11(2)22-28-17/h4-6,12-13,23H,3,7-10H2,1-2H3/t12-,13+,18-/m0/s1. The molecule has 0 aromatic carbocycles. The number of rotatable bonds is 5. The van der Waals surface area contributed by atoms with E-state index in [1.54, 1.807) is 18.7 Å². The first-order valence-corrected chi connectivity index (χ1v) is 11.1. The van der Waals surface area contributed by atoms with Gasteiger partial charge in [-0.05, 0) is 44.7 Å². The number of aromatic nitrogens is 3. The van der Waals surface area contributed by atoms with E-state index >= 15 is 0 Å². The average molecular weight is 423 g/mol. The molecule has 2 aromatic rings. The molecule has 3 heterocycles. The van der Waals surface area contributed by atoms with Gasteiger partial charge in [0.25, 0.3) is 5.91 Å². The van der Waals surface area contributed by atoms with Crippen molar-refractivity contribution in [3.8, 4) is 0 Å². The highest BCUT2D eigenvalue weighted by Gasteiger charge is 2.58. The number of halogens is 1. The highest BCUT2D eigenvalue weighted by Crippen LogP contribution is 2.50. The Morgan fingerprint density at radius 3 is 2.93 bits per heavy atom. The number of hydrogen-bond acceptors (Lipinski definition) is 7. The van der Waals surface area contributed by atoms with Crippen molar-refractivity contribution >= 4 is 15.9 Å². The minimum absolute atomic E-state index is 0.00953. The third-order valence-corrected chi connectivity index (χ3v) is 7.26. The second-order valence-electron chi connectivity index (χ2n) is 7.68. The van der Waals surface area contributed by atoms with Crippen molar-refractivity contribution in [1.29, 1.82) is 0 Å². The van der Waals surface area contributed by atoms with Gasteiger partial charge in [0.2, 0.25) is 15.9 Å². The first-order valence-electron chi connectivity index (χ1n) is 9.44. The van der Waals surface area contributed by atoms with E-state index < -0.39 is 27.2 Å². The predicted molar refractivity (Wildman–Crippen MR) is 99.9 cm³/mol. The normalized spacial score (nSPS) is 26.7. The number of likely N-dealkylation sites (tertiary alicyclic amines) is 1. The van der Waals surface area contributed by atoms with Crippen LogP contribution in [-0.2, 0) is 15.4 Å². The highest BCUT2D eigenvalue weighted by atomic mass is 32.2. The van der Waals surface area contributed by atoms with E-state index in [4.69, 9.17) is 4.52 Å². The zero-order chi connectivity index (χ0) is 20.8. The molecule has 1 saturated heterocycles. The molecular weight excluding hydrogens is 401 g/mol. The van der Waals surface area contributed by atoms with Crippen LogP contribution < -0.4 is 4.72 Å². The predicted octanol–water partition coefficient (Wildman–Crippen LogP) is 1.02. The molecule has 1 aliphatic carbocycles. The Bertz CT molecular complexity index is 1040. The zero-order valence-corrected chi connectivity index (χ0v) is 16.9. The van der Waals surface area contributed by atoms with Crippen molar-refractivity contribution in [3.63, 3.8) is 0 Å². The third kappa shape index (κ3) is 3.52.